The zero-order valence-corrected chi connectivity index (χ0v) is 7.04. The SMILES string of the molecule is CSc1cncc(C(F)(F)F)c1. The van der Waals surface area contributed by atoms with Crippen molar-refractivity contribution in [1.29, 1.82) is 0 Å². The third-order valence-electron chi connectivity index (χ3n) is 1.28. The predicted molar refractivity (Wildman–Crippen MR) is 41.0 cm³/mol. The summed E-state index contributed by atoms with van der Waals surface area (Å²) in [5, 5.41) is 0. The van der Waals surface area contributed by atoms with Crippen molar-refractivity contribution in [1.82, 2.24) is 4.98 Å². The summed E-state index contributed by atoms with van der Waals surface area (Å²) in [6, 6.07) is 1.08. The number of alkyl halides is 3. The fraction of sp³-hybridized carbons (Fsp3) is 0.286. The van der Waals surface area contributed by atoms with E-state index in [-0.39, 0.29) is 0 Å². The van der Waals surface area contributed by atoms with Crippen LogP contribution in [-0.2, 0) is 6.18 Å². The predicted octanol–water partition coefficient (Wildman–Crippen LogP) is 2.82. The van der Waals surface area contributed by atoms with Crippen LogP contribution in [-0.4, -0.2) is 11.2 Å². The van der Waals surface area contributed by atoms with Gasteiger partial charge in [-0.15, -0.1) is 11.8 Å². The molecule has 1 nitrogen and oxygen atoms in total. The molecule has 0 aromatic carbocycles. The van der Waals surface area contributed by atoms with Gasteiger partial charge in [-0.3, -0.25) is 4.98 Å². The van der Waals surface area contributed by atoms with Gasteiger partial charge in [-0.05, 0) is 12.3 Å². The molecule has 0 atom stereocenters. The van der Waals surface area contributed by atoms with Crippen LogP contribution in [0.5, 0.6) is 0 Å². The van der Waals surface area contributed by atoms with Gasteiger partial charge in [0.15, 0.2) is 0 Å². The quantitative estimate of drug-likeness (QED) is 0.636. The van der Waals surface area contributed by atoms with E-state index in [9.17, 15) is 13.2 Å². The Bertz CT molecular complexity index is 272. The maximum atomic E-state index is 12.1. The highest BCUT2D eigenvalue weighted by Crippen LogP contribution is 2.30. The van der Waals surface area contributed by atoms with E-state index in [1.807, 2.05) is 0 Å². The van der Waals surface area contributed by atoms with Crippen molar-refractivity contribution >= 4 is 11.8 Å². The van der Waals surface area contributed by atoms with Crippen LogP contribution in [0.25, 0.3) is 0 Å². The third-order valence-corrected chi connectivity index (χ3v) is 1.97. The first kappa shape index (κ1) is 9.38. The molecule has 0 radical (unpaired) electrons. The summed E-state index contributed by atoms with van der Waals surface area (Å²) in [7, 11) is 0. The summed E-state index contributed by atoms with van der Waals surface area (Å²) in [6.07, 6.45) is -0.366. The highest BCUT2D eigenvalue weighted by atomic mass is 32.2. The summed E-state index contributed by atoms with van der Waals surface area (Å²) >= 11 is 1.24. The van der Waals surface area contributed by atoms with Crippen LogP contribution in [0.3, 0.4) is 0 Å². The summed E-state index contributed by atoms with van der Waals surface area (Å²) < 4.78 is 36.2. The number of aromatic nitrogens is 1. The molecule has 0 unspecified atom stereocenters. The lowest BCUT2D eigenvalue weighted by Gasteiger charge is -2.05. The number of rotatable bonds is 1. The minimum Gasteiger partial charge on any atom is -0.263 e. The average Bonchev–Trinajstić information content (AvgIpc) is 2.03. The van der Waals surface area contributed by atoms with Gasteiger partial charge < -0.3 is 0 Å². The second kappa shape index (κ2) is 3.35. The molecule has 0 bridgehead atoms. The molecule has 5 heteroatoms. The zero-order chi connectivity index (χ0) is 9.19. The highest BCUT2D eigenvalue weighted by molar-refractivity contribution is 7.98. The summed E-state index contributed by atoms with van der Waals surface area (Å²) in [5.74, 6) is 0. The molecule has 0 N–H and O–H groups in total. The smallest absolute Gasteiger partial charge is 0.263 e. The first-order chi connectivity index (χ1) is 5.54. The Labute approximate surface area is 72.0 Å². The first-order valence-electron chi connectivity index (χ1n) is 3.10. The van der Waals surface area contributed by atoms with Crippen LogP contribution in [0, 0.1) is 0 Å². The van der Waals surface area contributed by atoms with Gasteiger partial charge in [-0.25, -0.2) is 0 Å². The standard InChI is InChI=1S/C7H6F3NS/c1-12-6-2-5(3-11-4-6)7(8,9)10/h2-4H,1H3. The van der Waals surface area contributed by atoms with Crippen LogP contribution in [0.4, 0.5) is 13.2 Å². The van der Waals surface area contributed by atoms with E-state index in [0.717, 1.165) is 12.3 Å². The maximum absolute atomic E-state index is 12.1. The van der Waals surface area contributed by atoms with Gasteiger partial charge in [0.25, 0.3) is 0 Å². The van der Waals surface area contributed by atoms with Crippen molar-refractivity contribution in [3.05, 3.63) is 24.0 Å². The molecule has 1 heterocycles. The van der Waals surface area contributed by atoms with E-state index in [4.69, 9.17) is 0 Å². The first-order valence-corrected chi connectivity index (χ1v) is 4.33. The van der Waals surface area contributed by atoms with Crippen LogP contribution in [0.2, 0.25) is 0 Å². The Kier molecular flexibility index (Phi) is 2.62. The van der Waals surface area contributed by atoms with E-state index in [0.29, 0.717) is 4.90 Å². The van der Waals surface area contributed by atoms with Crippen molar-refractivity contribution in [2.24, 2.45) is 0 Å². The molecule has 0 aliphatic carbocycles. The number of hydrogen-bond acceptors (Lipinski definition) is 2. The topological polar surface area (TPSA) is 12.9 Å². The zero-order valence-electron chi connectivity index (χ0n) is 6.22. The number of pyridine rings is 1. The maximum Gasteiger partial charge on any atom is 0.417 e. The highest BCUT2D eigenvalue weighted by Gasteiger charge is 2.30. The van der Waals surface area contributed by atoms with Crippen molar-refractivity contribution in [3.63, 3.8) is 0 Å². The second-order valence-corrected chi connectivity index (χ2v) is 2.99. The van der Waals surface area contributed by atoms with Gasteiger partial charge in [-0.1, -0.05) is 0 Å². The van der Waals surface area contributed by atoms with Crippen molar-refractivity contribution < 1.29 is 13.2 Å². The number of halogens is 3. The van der Waals surface area contributed by atoms with Gasteiger partial charge in [0.1, 0.15) is 0 Å². The summed E-state index contributed by atoms with van der Waals surface area (Å²) in [4.78, 5) is 4.00. The average molecular weight is 193 g/mol. The summed E-state index contributed by atoms with van der Waals surface area (Å²) in [5.41, 5.74) is -0.700. The van der Waals surface area contributed by atoms with Crippen LogP contribution in [0.15, 0.2) is 23.4 Å². The van der Waals surface area contributed by atoms with Gasteiger partial charge in [0, 0.05) is 17.3 Å². The van der Waals surface area contributed by atoms with Gasteiger partial charge >= 0.3 is 6.18 Å². The third kappa shape index (κ3) is 2.14. The van der Waals surface area contributed by atoms with Crippen LogP contribution < -0.4 is 0 Å². The molecular formula is C7H6F3NS. The van der Waals surface area contributed by atoms with Crippen LogP contribution >= 0.6 is 11.8 Å². The molecule has 66 valence electrons. The lowest BCUT2D eigenvalue weighted by molar-refractivity contribution is -0.138. The van der Waals surface area contributed by atoms with Gasteiger partial charge in [0.2, 0.25) is 0 Å². The molecule has 1 rings (SSSR count). The van der Waals surface area contributed by atoms with E-state index in [2.05, 4.69) is 4.98 Å². The summed E-state index contributed by atoms with van der Waals surface area (Å²) in [6.45, 7) is 0. The Hall–Kier alpha value is -0.710. The van der Waals surface area contributed by atoms with Crippen molar-refractivity contribution in [2.45, 2.75) is 11.1 Å². The lowest BCUT2D eigenvalue weighted by atomic mass is 10.3. The van der Waals surface area contributed by atoms with E-state index < -0.39 is 11.7 Å². The Morgan fingerprint density at radius 2 is 2.00 bits per heavy atom. The Morgan fingerprint density at radius 1 is 1.33 bits per heavy atom. The molecule has 0 amide bonds. The lowest BCUT2D eigenvalue weighted by Crippen LogP contribution is -2.05. The molecule has 0 spiro atoms. The van der Waals surface area contributed by atoms with Gasteiger partial charge in [-0.2, -0.15) is 13.2 Å². The molecule has 1 aromatic rings. The van der Waals surface area contributed by atoms with Crippen molar-refractivity contribution in [3.8, 4) is 0 Å². The Morgan fingerprint density at radius 3 is 2.50 bits per heavy atom. The number of thioether (sulfide) groups is 1. The van der Waals surface area contributed by atoms with E-state index in [1.165, 1.54) is 18.0 Å². The van der Waals surface area contributed by atoms with E-state index in [1.54, 1.807) is 6.26 Å². The Balaban J connectivity index is 3.02. The van der Waals surface area contributed by atoms with E-state index >= 15 is 0 Å². The van der Waals surface area contributed by atoms with Crippen LogP contribution in [0.1, 0.15) is 5.56 Å². The normalized spacial score (nSPS) is 11.7. The molecule has 12 heavy (non-hydrogen) atoms. The fourth-order valence-corrected chi connectivity index (χ4v) is 1.10. The van der Waals surface area contributed by atoms with Gasteiger partial charge in [0.05, 0.1) is 5.56 Å². The fourth-order valence-electron chi connectivity index (χ4n) is 0.685. The minimum atomic E-state index is -4.29. The monoisotopic (exact) mass is 193 g/mol. The molecule has 0 fully saturated rings. The second-order valence-electron chi connectivity index (χ2n) is 2.11. The molecule has 0 saturated carbocycles. The number of hydrogen-bond donors (Lipinski definition) is 0. The molecule has 0 aliphatic heterocycles. The molecular weight excluding hydrogens is 187 g/mol. The minimum absolute atomic E-state index is 0.518. The number of nitrogens with zero attached hydrogens (tertiary/aromatic N) is 1. The molecule has 0 saturated heterocycles. The van der Waals surface area contributed by atoms with Crippen molar-refractivity contribution in [2.75, 3.05) is 6.26 Å². The molecule has 0 aliphatic rings. The largest absolute Gasteiger partial charge is 0.417 e. The molecule has 1 aromatic heterocycles.